The third-order valence-corrected chi connectivity index (χ3v) is 6.51. The SMILES string of the molecule is COc1ccc([C@H]2Nc3cccc(O)c3C(=O)N2Cc2ccccc2)cc1COc1ccc(NC(C)=O)cc1. The van der Waals surface area contributed by atoms with Crippen molar-refractivity contribution in [1.82, 2.24) is 4.90 Å². The summed E-state index contributed by atoms with van der Waals surface area (Å²) in [7, 11) is 1.60. The second-order valence-corrected chi connectivity index (χ2v) is 9.23. The summed E-state index contributed by atoms with van der Waals surface area (Å²) in [4.78, 5) is 26.7. The van der Waals surface area contributed by atoms with Crippen molar-refractivity contribution in [3.63, 3.8) is 0 Å². The minimum Gasteiger partial charge on any atom is -0.507 e. The fourth-order valence-corrected chi connectivity index (χ4v) is 4.66. The number of aromatic hydroxyl groups is 1. The van der Waals surface area contributed by atoms with E-state index in [1.807, 2.05) is 48.5 Å². The number of hydrogen-bond acceptors (Lipinski definition) is 6. The molecule has 0 aromatic heterocycles. The molecule has 0 spiro atoms. The van der Waals surface area contributed by atoms with Crippen LogP contribution in [0.5, 0.6) is 17.2 Å². The Hall–Kier alpha value is -4.98. The number of phenolic OH excluding ortho intramolecular Hbond substituents is 1. The van der Waals surface area contributed by atoms with E-state index in [1.165, 1.54) is 13.0 Å². The normalized spacial score (nSPS) is 14.3. The second-order valence-electron chi connectivity index (χ2n) is 9.23. The molecular weight excluding hydrogens is 494 g/mol. The van der Waals surface area contributed by atoms with E-state index < -0.39 is 6.17 Å². The minimum absolute atomic E-state index is 0.0603. The smallest absolute Gasteiger partial charge is 0.261 e. The monoisotopic (exact) mass is 523 g/mol. The van der Waals surface area contributed by atoms with Gasteiger partial charge in [-0.15, -0.1) is 0 Å². The molecule has 0 bridgehead atoms. The zero-order valence-electron chi connectivity index (χ0n) is 21.7. The lowest BCUT2D eigenvalue weighted by molar-refractivity contribution is -0.114. The molecule has 0 saturated heterocycles. The van der Waals surface area contributed by atoms with E-state index in [-0.39, 0.29) is 29.7 Å². The molecule has 0 saturated carbocycles. The molecular formula is C31H29N3O5. The molecule has 0 unspecified atom stereocenters. The average molecular weight is 524 g/mol. The average Bonchev–Trinajstić information content (AvgIpc) is 2.94. The van der Waals surface area contributed by atoms with E-state index in [0.29, 0.717) is 29.4 Å². The number of fused-ring (bicyclic) bond motifs is 1. The number of amides is 2. The van der Waals surface area contributed by atoms with Gasteiger partial charge in [0, 0.05) is 24.7 Å². The van der Waals surface area contributed by atoms with Crippen LogP contribution in [0.3, 0.4) is 0 Å². The zero-order valence-corrected chi connectivity index (χ0v) is 21.7. The van der Waals surface area contributed by atoms with Gasteiger partial charge >= 0.3 is 0 Å². The van der Waals surface area contributed by atoms with Gasteiger partial charge in [0.25, 0.3) is 5.91 Å². The topological polar surface area (TPSA) is 100 Å². The van der Waals surface area contributed by atoms with Gasteiger partial charge in [-0.25, -0.2) is 0 Å². The lowest BCUT2D eigenvalue weighted by Crippen LogP contribution is -2.42. The molecule has 0 fully saturated rings. The Labute approximate surface area is 226 Å². The van der Waals surface area contributed by atoms with Gasteiger partial charge < -0.3 is 30.1 Å². The molecule has 3 N–H and O–H groups in total. The van der Waals surface area contributed by atoms with Gasteiger partial charge in [0.05, 0.1) is 12.8 Å². The van der Waals surface area contributed by atoms with Crippen molar-refractivity contribution in [2.45, 2.75) is 26.2 Å². The van der Waals surface area contributed by atoms with Crippen molar-refractivity contribution < 1.29 is 24.2 Å². The number of rotatable bonds is 8. The lowest BCUT2D eigenvalue weighted by Gasteiger charge is -2.38. The summed E-state index contributed by atoms with van der Waals surface area (Å²) in [5.74, 6) is 0.832. The van der Waals surface area contributed by atoms with Crippen LogP contribution in [0, 0.1) is 0 Å². The van der Waals surface area contributed by atoms with E-state index >= 15 is 0 Å². The van der Waals surface area contributed by atoms with Crippen molar-refractivity contribution in [3.8, 4) is 17.2 Å². The number of nitrogens with zero attached hydrogens (tertiary/aromatic N) is 1. The highest BCUT2D eigenvalue weighted by Crippen LogP contribution is 2.39. The number of methoxy groups -OCH3 is 1. The van der Waals surface area contributed by atoms with Gasteiger partial charge in [0.2, 0.25) is 5.91 Å². The molecule has 1 heterocycles. The van der Waals surface area contributed by atoms with Crippen molar-refractivity contribution >= 4 is 23.2 Å². The minimum atomic E-state index is -0.492. The highest BCUT2D eigenvalue weighted by Gasteiger charge is 2.35. The third kappa shape index (κ3) is 5.65. The van der Waals surface area contributed by atoms with Crippen LogP contribution in [-0.2, 0) is 17.9 Å². The van der Waals surface area contributed by atoms with Crippen LogP contribution < -0.4 is 20.1 Å². The number of carbonyl (C=O) groups is 2. The first kappa shape index (κ1) is 25.7. The van der Waals surface area contributed by atoms with Gasteiger partial charge in [-0.2, -0.15) is 0 Å². The Morgan fingerprint density at radius 1 is 1.00 bits per heavy atom. The first-order valence-electron chi connectivity index (χ1n) is 12.5. The van der Waals surface area contributed by atoms with Gasteiger partial charge in [0.15, 0.2) is 0 Å². The van der Waals surface area contributed by atoms with Gasteiger partial charge in [0.1, 0.15) is 35.6 Å². The Balaban J connectivity index is 1.44. The standard InChI is InChI=1S/C31H29N3O5/c1-20(35)32-24-12-14-25(15-13-24)39-19-23-17-22(11-16-28(23)38-2)30-33-26-9-6-10-27(36)29(26)31(37)34(30)18-21-7-4-3-5-8-21/h3-17,30,33,36H,18-19H2,1-2H3,(H,32,35)/t30-/m0/s1. The Bertz CT molecular complexity index is 1490. The highest BCUT2D eigenvalue weighted by molar-refractivity contribution is 6.04. The molecule has 198 valence electrons. The maximum Gasteiger partial charge on any atom is 0.261 e. The van der Waals surface area contributed by atoms with E-state index in [1.54, 1.807) is 48.4 Å². The Morgan fingerprint density at radius 3 is 2.49 bits per heavy atom. The van der Waals surface area contributed by atoms with E-state index in [0.717, 1.165) is 16.7 Å². The summed E-state index contributed by atoms with van der Waals surface area (Å²) < 4.78 is 11.6. The van der Waals surface area contributed by atoms with Crippen LogP contribution in [0.15, 0.2) is 91.0 Å². The number of ether oxygens (including phenoxy) is 2. The maximum absolute atomic E-state index is 13.7. The van der Waals surface area contributed by atoms with Crippen LogP contribution in [0.1, 0.15) is 40.1 Å². The molecule has 2 amide bonds. The van der Waals surface area contributed by atoms with Gasteiger partial charge in [-0.05, 0) is 59.7 Å². The van der Waals surface area contributed by atoms with E-state index in [4.69, 9.17) is 9.47 Å². The predicted molar refractivity (Wildman–Crippen MR) is 149 cm³/mol. The van der Waals surface area contributed by atoms with E-state index in [9.17, 15) is 14.7 Å². The molecule has 1 atom stereocenters. The van der Waals surface area contributed by atoms with Crippen LogP contribution in [0.4, 0.5) is 11.4 Å². The van der Waals surface area contributed by atoms with Crippen LogP contribution in [0.25, 0.3) is 0 Å². The van der Waals surface area contributed by atoms with Crippen LogP contribution in [0.2, 0.25) is 0 Å². The molecule has 8 heteroatoms. The molecule has 39 heavy (non-hydrogen) atoms. The zero-order chi connectivity index (χ0) is 27.4. The number of nitrogens with one attached hydrogen (secondary N) is 2. The first-order chi connectivity index (χ1) is 18.9. The Kier molecular flexibility index (Phi) is 7.36. The number of anilines is 2. The van der Waals surface area contributed by atoms with Crippen molar-refractivity contribution in [2.24, 2.45) is 0 Å². The summed E-state index contributed by atoms with van der Waals surface area (Å²) in [5, 5.41) is 16.7. The lowest BCUT2D eigenvalue weighted by atomic mass is 10.00. The number of benzene rings is 4. The highest BCUT2D eigenvalue weighted by atomic mass is 16.5. The fourth-order valence-electron chi connectivity index (χ4n) is 4.66. The Morgan fingerprint density at radius 2 is 1.77 bits per heavy atom. The van der Waals surface area contributed by atoms with Gasteiger partial charge in [-0.1, -0.05) is 42.5 Å². The van der Waals surface area contributed by atoms with E-state index in [2.05, 4.69) is 10.6 Å². The molecule has 0 aliphatic carbocycles. The molecule has 8 nitrogen and oxygen atoms in total. The summed E-state index contributed by atoms with van der Waals surface area (Å²) in [6, 6.07) is 27.6. The quantitative estimate of drug-likeness (QED) is 0.274. The summed E-state index contributed by atoms with van der Waals surface area (Å²) in [6.07, 6.45) is -0.492. The maximum atomic E-state index is 13.7. The van der Waals surface area contributed by atoms with Crippen molar-refractivity contribution in [1.29, 1.82) is 0 Å². The summed E-state index contributed by atoms with van der Waals surface area (Å²) >= 11 is 0. The number of carbonyl (C=O) groups excluding carboxylic acids is 2. The van der Waals surface area contributed by atoms with Crippen LogP contribution in [-0.4, -0.2) is 28.9 Å². The molecule has 5 rings (SSSR count). The third-order valence-electron chi connectivity index (χ3n) is 6.51. The molecule has 4 aromatic carbocycles. The number of hydrogen-bond donors (Lipinski definition) is 3. The molecule has 1 aliphatic rings. The molecule has 0 radical (unpaired) electrons. The summed E-state index contributed by atoms with van der Waals surface area (Å²) in [6.45, 7) is 2.04. The fraction of sp³-hybridized carbons (Fsp3) is 0.161. The van der Waals surface area contributed by atoms with Crippen LogP contribution >= 0.6 is 0 Å². The summed E-state index contributed by atoms with van der Waals surface area (Å²) in [5.41, 5.74) is 4.13. The molecule has 4 aromatic rings. The van der Waals surface area contributed by atoms with Crippen molar-refractivity contribution in [3.05, 3.63) is 113 Å². The predicted octanol–water partition coefficient (Wildman–Crippen LogP) is 5.70. The first-order valence-corrected chi connectivity index (χ1v) is 12.5. The van der Waals surface area contributed by atoms with Gasteiger partial charge in [-0.3, -0.25) is 9.59 Å². The largest absolute Gasteiger partial charge is 0.507 e. The second kappa shape index (κ2) is 11.2. The number of phenols is 1. The van der Waals surface area contributed by atoms with Crippen molar-refractivity contribution in [2.75, 3.05) is 17.7 Å². The molecule has 1 aliphatic heterocycles.